The Bertz CT molecular complexity index is 711. The summed E-state index contributed by atoms with van der Waals surface area (Å²) in [4.78, 5) is 54.9. The fourth-order valence-electron chi connectivity index (χ4n) is 2.24. The summed E-state index contributed by atoms with van der Waals surface area (Å²) in [6, 6.07) is -4.06. The van der Waals surface area contributed by atoms with Crippen LogP contribution in [0.25, 0.3) is 0 Å². The number of amides is 3. The topological polar surface area (TPSA) is 179 Å². The SMILES string of the molecule is CC(NC(=O)C(CS)NC(=O)C(Cc1cnc[nH]1)NC(=O)C(N)C(C)C)C(=O)O. The van der Waals surface area contributed by atoms with Crippen molar-refractivity contribution in [3.05, 3.63) is 18.2 Å². The molecular weight excluding hydrogens is 400 g/mol. The Labute approximate surface area is 174 Å². The van der Waals surface area contributed by atoms with E-state index in [2.05, 4.69) is 38.5 Å². The average molecular weight is 429 g/mol. The van der Waals surface area contributed by atoms with Gasteiger partial charge in [-0.2, -0.15) is 12.6 Å². The standard InChI is InChI=1S/C17H28N6O5S/c1-8(2)13(18)16(26)22-11(4-10-5-19-7-20-10)14(24)23-12(6-29)15(25)21-9(3)17(27)28/h5,7-9,11-13,29H,4,6,18H2,1-3H3,(H,19,20)(H,21,25)(H,22,26)(H,23,24)(H,27,28). The number of hydrogen-bond acceptors (Lipinski definition) is 7. The minimum atomic E-state index is -1.21. The Balaban J connectivity index is 2.89. The average Bonchev–Trinajstić information content (AvgIpc) is 3.17. The van der Waals surface area contributed by atoms with Crippen molar-refractivity contribution < 1.29 is 24.3 Å². The van der Waals surface area contributed by atoms with E-state index >= 15 is 0 Å². The predicted molar refractivity (Wildman–Crippen MR) is 108 cm³/mol. The van der Waals surface area contributed by atoms with Crippen molar-refractivity contribution in [1.82, 2.24) is 25.9 Å². The maximum Gasteiger partial charge on any atom is 0.325 e. The molecule has 0 fully saturated rings. The summed E-state index contributed by atoms with van der Waals surface area (Å²) in [5, 5.41) is 16.2. The zero-order valence-corrected chi connectivity index (χ0v) is 17.4. The van der Waals surface area contributed by atoms with Gasteiger partial charge in [-0.3, -0.25) is 19.2 Å². The Hall–Kier alpha value is -2.60. The van der Waals surface area contributed by atoms with Gasteiger partial charge in [-0.05, 0) is 12.8 Å². The molecule has 1 aromatic heterocycles. The number of nitrogens with zero attached hydrogens (tertiary/aromatic N) is 1. The summed E-state index contributed by atoms with van der Waals surface area (Å²) in [5.41, 5.74) is 6.44. The first-order valence-corrected chi connectivity index (χ1v) is 9.67. The number of nitrogens with two attached hydrogens (primary N) is 1. The van der Waals surface area contributed by atoms with Crippen LogP contribution < -0.4 is 21.7 Å². The Morgan fingerprint density at radius 2 is 1.69 bits per heavy atom. The number of carboxylic acid groups (broad SMARTS) is 1. The number of aromatic nitrogens is 2. The molecule has 12 heteroatoms. The van der Waals surface area contributed by atoms with E-state index in [1.165, 1.54) is 19.4 Å². The third-order valence-corrected chi connectivity index (χ3v) is 4.54. The molecule has 0 spiro atoms. The molecule has 1 aromatic rings. The quantitative estimate of drug-likeness (QED) is 0.208. The molecule has 0 saturated carbocycles. The number of H-pyrrole nitrogens is 1. The highest BCUT2D eigenvalue weighted by Gasteiger charge is 2.29. The maximum absolute atomic E-state index is 12.8. The van der Waals surface area contributed by atoms with Crippen LogP contribution in [0.4, 0.5) is 0 Å². The molecule has 4 unspecified atom stereocenters. The largest absolute Gasteiger partial charge is 0.480 e. The van der Waals surface area contributed by atoms with Gasteiger partial charge in [0.05, 0.1) is 12.4 Å². The van der Waals surface area contributed by atoms with E-state index in [1.807, 2.05) is 0 Å². The van der Waals surface area contributed by atoms with E-state index in [0.717, 1.165) is 0 Å². The van der Waals surface area contributed by atoms with Crippen LogP contribution in [-0.4, -0.2) is 68.7 Å². The van der Waals surface area contributed by atoms with E-state index in [1.54, 1.807) is 13.8 Å². The number of nitrogens with one attached hydrogen (secondary N) is 4. The second-order valence-electron chi connectivity index (χ2n) is 6.92. The van der Waals surface area contributed by atoms with Crippen LogP contribution in [0.15, 0.2) is 12.5 Å². The molecule has 162 valence electrons. The molecule has 11 nitrogen and oxygen atoms in total. The second-order valence-corrected chi connectivity index (χ2v) is 7.29. The van der Waals surface area contributed by atoms with Gasteiger partial charge in [0, 0.05) is 24.1 Å². The number of carboxylic acids is 1. The first-order valence-electron chi connectivity index (χ1n) is 9.04. The van der Waals surface area contributed by atoms with Crippen molar-refractivity contribution in [2.45, 2.75) is 51.4 Å². The minimum Gasteiger partial charge on any atom is -0.480 e. The van der Waals surface area contributed by atoms with Crippen molar-refractivity contribution in [2.24, 2.45) is 11.7 Å². The van der Waals surface area contributed by atoms with E-state index in [9.17, 15) is 19.2 Å². The molecular formula is C17H28N6O5S. The summed E-state index contributed by atoms with van der Waals surface area (Å²) in [6.07, 6.45) is 3.03. The highest BCUT2D eigenvalue weighted by Crippen LogP contribution is 2.04. The Kier molecular flexibility index (Phi) is 9.62. The number of hydrogen-bond donors (Lipinski definition) is 7. The number of carbonyl (C=O) groups excluding carboxylic acids is 3. The van der Waals surface area contributed by atoms with Crippen LogP contribution in [0.5, 0.6) is 0 Å². The smallest absolute Gasteiger partial charge is 0.325 e. The van der Waals surface area contributed by atoms with Crippen molar-refractivity contribution in [3.8, 4) is 0 Å². The van der Waals surface area contributed by atoms with Gasteiger partial charge in [0.25, 0.3) is 0 Å². The number of imidazole rings is 1. The lowest BCUT2D eigenvalue weighted by Crippen LogP contribution is -2.58. The van der Waals surface area contributed by atoms with Gasteiger partial charge in [-0.15, -0.1) is 0 Å². The lowest BCUT2D eigenvalue weighted by molar-refractivity contribution is -0.141. The van der Waals surface area contributed by atoms with Crippen molar-refractivity contribution >= 4 is 36.3 Å². The van der Waals surface area contributed by atoms with Crippen molar-refractivity contribution in [1.29, 1.82) is 0 Å². The number of aromatic amines is 1. The van der Waals surface area contributed by atoms with E-state index < -0.39 is 47.9 Å². The molecule has 1 rings (SSSR count). The highest BCUT2D eigenvalue weighted by atomic mass is 32.1. The van der Waals surface area contributed by atoms with Gasteiger partial charge in [-0.1, -0.05) is 13.8 Å². The fraction of sp³-hybridized carbons (Fsp3) is 0.588. The number of aliphatic carboxylic acids is 1. The molecule has 0 saturated heterocycles. The van der Waals surface area contributed by atoms with Crippen LogP contribution in [0, 0.1) is 5.92 Å². The number of thiol groups is 1. The summed E-state index contributed by atoms with van der Waals surface area (Å²) < 4.78 is 0. The predicted octanol–water partition coefficient (Wildman–Crippen LogP) is -1.58. The second kappa shape index (κ2) is 11.4. The minimum absolute atomic E-state index is 0.0693. The lowest BCUT2D eigenvalue weighted by Gasteiger charge is -2.24. The molecule has 7 N–H and O–H groups in total. The van der Waals surface area contributed by atoms with Crippen LogP contribution in [0.1, 0.15) is 26.5 Å². The van der Waals surface area contributed by atoms with Crippen LogP contribution in [0.2, 0.25) is 0 Å². The van der Waals surface area contributed by atoms with Gasteiger partial charge >= 0.3 is 5.97 Å². The number of rotatable bonds is 11. The van der Waals surface area contributed by atoms with Gasteiger partial charge in [0.1, 0.15) is 18.1 Å². The maximum atomic E-state index is 12.8. The van der Waals surface area contributed by atoms with Crippen LogP contribution in [0.3, 0.4) is 0 Å². The van der Waals surface area contributed by atoms with E-state index in [-0.39, 0.29) is 18.1 Å². The number of carbonyl (C=O) groups is 4. The lowest BCUT2D eigenvalue weighted by atomic mass is 10.0. The molecule has 3 amide bonds. The molecule has 0 aliphatic heterocycles. The highest BCUT2D eigenvalue weighted by molar-refractivity contribution is 7.80. The monoisotopic (exact) mass is 428 g/mol. The summed E-state index contributed by atoms with van der Waals surface area (Å²) in [5.74, 6) is -3.27. The molecule has 0 radical (unpaired) electrons. The van der Waals surface area contributed by atoms with Crippen LogP contribution in [-0.2, 0) is 25.6 Å². The Morgan fingerprint density at radius 3 is 2.17 bits per heavy atom. The molecule has 4 atom stereocenters. The molecule has 1 heterocycles. The first kappa shape index (κ1) is 24.4. The zero-order valence-electron chi connectivity index (χ0n) is 16.5. The molecule has 29 heavy (non-hydrogen) atoms. The molecule has 0 bridgehead atoms. The van der Waals surface area contributed by atoms with Gasteiger partial charge < -0.3 is 31.8 Å². The van der Waals surface area contributed by atoms with E-state index in [0.29, 0.717) is 5.69 Å². The normalized spacial score (nSPS) is 15.1. The summed E-state index contributed by atoms with van der Waals surface area (Å²) in [7, 11) is 0. The molecule has 0 aliphatic rings. The molecule has 0 aromatic carbocycles. The summed E-state index contributed by atoms with van der Waals surface area (Å²) in [6.45, 7) is 4.85. The first-order chi connectivity index (χ1) is 13.6. The fourth-order valence-corrected chi connectivity index (χ4v) is 2.50. The third kappa shape index (κ3) is 7.74. The zero-order chi connectivity index (χ0) is 22.1. The Morgan fingerprint density at radius 1 is 1.10 bits per heavy atom. The van der Waals surface area contributed by atoms with Crippen LogP contribution >= 0.6 is 12.6 Å². The van der Waals surface area contributed by atoms with Gasteiger partial charge in [0.2, 0.25) is 17.7 Å². The molecule has 0 aliphatic carbocycles. The van der Waals surface area contributed by atoms with Crippen molar-refractivity contribution in [2.75, 3.05) is 5.75 Å². The summed E-state index contributed by atoms with van der Waals surface area (Å²) >= 11 is 4.04. The van der Waals surface area contributed by atoms with Crippen molar-refractivity contribution in [3.63, 3.8) is 0 Å². The van der Waals surface area contributed by atoms with Gasteiger partial charge in [0.15, 0.2) is 0 Å². The van der Waals surface area contributed by atoms with Gasteiger partial charge in [-0.25, -0.2) is 4.98 Å². The van der Waals surface area contributed by atoms with E-state index in [4.69, 9.17) is 10.8 Å². The third-order valence-electron chi connectivity index (χ3n) is 4.18.